The first-order chi connectivity index (χ1) is 14.1. The number of hydrogen-bond donors (Lipinski definition) is 2. The highest BCUT2D eigenvalue weighted by molar-refractivity contribution is 6.08. The molecule has 0 spiro atoms. The fraction of sp³-hybridized carbons (Fsp3) is 0.316. The molecule has 1 heterocycles. The van der Waals surface area contributed by atoms with Crippen LogP contribution in [-0.4, -0.2) is 33.5 Å². The zero-order valence-corrected chi connectivity index (χ0v) is 15.6. The molecule has 1 fully saturated rings. The second-order valence-corrected chi connectivity index (χ2v) is 6.79. The predicted molar refractivity (Wildman–Crippen MR) is 99.3 cm³/mol. The third kappa shape index (κ3) is 5.02. The Balaban J connectivity index is 1.85. The van der Waals surface area contributed by atoms with Crippen LogP contribution in [0.5, 0.6) is 0 Å². The van der Waals surface area contributed by atoms with Crippen molar-refractivity contribution in [3.63, 3.8) is 0 Å². The van der Waals surface area contributed by atoms with Crippen LogP contribution >= 0.6 is 0 Å². The molecule has 1 amide bonds. The van der Waals surface area contributed by atoms with E-state index in [4.69, 9.17) is 5.41 Å². The quantitative estimate of drug-likeness (QED) is 0.516. The Morgan fingerprint density at radius 1 is 1.27 bits per heavy atom. The van der Waals surface area contributed by atoms with E-state index in [9.17, 15) is 26.7 Å². The SMILES string of the molecule is Cc1ncncc1C(=O)Nc1cc(F)c(N=C(CC(=N)C(F)(F)F)C2CC2)c(F)c1. The van der Waals surface area contributed by atoms with E-state index in [1.54, 1.807) is 6.92 Å². The minimum Gasteiger partial charge on any atom is -0.322 e. The Labute approximate surface area is 167 Å². The lowest BCUT2D eigenvalue weighted by Gasteiger charge is -2.12. The number of rotatable bonds is 6. The normalized spacial score (nSPS) is 14.5. The van der Waals surface area contributed by atoms with Gasteiger partial charge >= 0.3 is 6.18 Å². The monoisotopic (exact) mass is 425 g/mol. The first kappa shape index (κ1) is 21.5. The summed E-state index contributed by atoms with van der Waals surface area (Å²) in [6.07, 6.45) is -2.09. The van der Waals surface area contributed by atoms with Gasteiger partial charge in [-0.05, 0) is 37.8 Å². The molecule has 1 aliphatic rings. The first-order valence-corrected chi connectivity index (χ1v) is 8.85. The van der Waals surface area contributed by atoms with Crippen LogP contribution in [0.15, 0.2) is 29.6 Å². The van der Waals surface area contributed by atoms with E-state index in [0.717, 1.165) is 12.1 Å². The van der Waals surface area contributed by atoms with Crippen LogP contribution < -0.4 is 5.32 Å². The molecule has 1 aliphatic carbocycles. The van der Waals surface area contributed by atoms with Crippen LogP contribution in [-0.2, 0) is 0 Å². The number of carbonyl (C=O) groups excluding carboxylic acids is 1. The molecule has 0 aliphatic heterocycles. The van der Waals surface area contributed by atoms with Gasteiger partial charge in [0.05, 0.1) is 11.3 Å². The largest absolute Gasteiger partial charge is 0.429 e. The topological polar surface area (TPSA) is 91.1 Å². The number of carbonyl (C=O) groups is 1. The summed E-state index contributed by atoms with van der Waals surface area (Å²) >= 11 is 0. The van der Waals surface area contributed by atoms with Crippen molar-refractivity contribution in [2.24, 2.45) is 10.9 Å². The Hall–Kier alpha value is -3.24. The number of nitrogens with zero attached hydrogens (tertiary/aromatic N) is 3. The van der Waals surface area contributed by atoms with E-state index in [1.165, 1.54) is 12.5 Å². The standard InChI is InChI=1S/C19H16F5N5O/c1-9-12(7-26-8-27-9)18(30)28-11-4-13(20)17(14(21)5-11)29-15(10-2-3-10)6-16(25)19(22,23)24/h4-5,7-8,10,25H,2-3,6H2,1H3,(H,28,30). The van der Waals surface area contributed by atoms with Crippen molar-refractivity contribution in [1.82, 2.24) is 9.97 Å². The zero-order chi connectivity index (χ0) is 22.1. The molecule has 2 aromatic rings. The van der Waals surface area contributed by atoms with E-state index < -0.39 is 41.5 Å². The molecular formula is C19H16F5N5O. The lowest BCUT2D eigenvalue weighted by atomic mass is 10.1. The predicted octanol–water partition coefficient (Wildman–Crippen LogP) is 4.77. The molecule has 6 nitrogen and oxygen atoms in total. The molecule has 1 aromatic heterocycles. The number of aryl methyl sites for hydroxylation is 1. The molecule has 158 valence electrons. The van der Waals surface area contributed by atoms with Crippen molar-refractivity contribution in [2.45, 2.75) is 32.4 Å². The molecule has 0 saturated heterocycles. The molecule has 0 radical (unpaired) electrons. The zero-order valence-electron chi connectivity index (χ0n) is 15.6. The van der Waals surface area contributed by atoms with Gasteiger partial charge in [0.15, 0.2) is 11.6 Å². The molecule has 2 N–H and O–H groups in total. The van der Waals surface area contributed by atoms with Crippen molar-refractivity contribution in [2.75, 3.05) is 5.32 Å². The summed E-state index contributed by atoms with van der Waals surface area (Å²) in [4.78, 5) is 23.6. The number of anilines is 1. The molecule has 0 bridgehead atoms. The van der Waals surface area contributed by atoms with Crippen molar-refractivity contribution in [1.29, 1.82) is 5.41 Å². The van der Waals surface area contributed by atoms with Gasteiger partial charge in [-0.1, -0.05) is 0 Å². The Morgan fingerprint density at radius 2 is 1.90 bits per heavy atom. The van der Waals surface area contributed by atoms with Gasteiger partial charge in [-0.25, -0.2) is 18.7 Å². The third-order valence-corrected chi connectivity index (χ3v) is 4.43. The molecule has 11 heteroatoms. The number of benzene rings is 1. The highest BCUT2D eigenvalue weighted by atomic mass is 19.4. The third-order valence-electron chi connectivity index (χ3n) is 4.43. The number of amides is 1. The van der Waals surface area contributed by atoms with E-state index >= 15 is 0 Å². The van der Waals surface area contributed by atoms with E-state index in [1.807, 2.05) is 0 Å². The number of halogens is 5. The maximum Gasteiger partial charge on any atom is 0.429 e. The molecular weight excluding hydrogens is 409 g/mol. The number of alkyl halides is 3. The summed E-state index contributed by atoms with van der Waals surface area (Å²) < 4.78 is 66.9. The van der Waals surface area contributed by atoms with Crippen molar-refractivity contribution < 1.29 is 26.7 Å². The van der Waals surface area contributed by atoms with Crippen LogP contribution in [0.25, 0.3) is 0 Å². The second kappa shape index (κ2) is 8.25. The number of nitrogens with one attached hydrogen (secondary N) is 2. The summed E-state index contributed by atoms with van der Waals surface area (Å²) in [6, 6.07) is 1.64. The summed E-state index contributed by atoms with van der Waals surface area (Å²) in [5, 5.41) is 9.44. The minimum atomic E-state index is -4.83. The van der Waals surface area contributed by atoms with Crippen LogP contribution in [0, 0.1) is 29.9 Å². The highest BCUT2D eigenvalue weighted by Crippen LogP contribution is 2.36. The molecule has 1 aromatic carbocycles. The van der Waals surface area contributed by atoms with Gasteiger partial charge in [0.2, 0.25) is 0 Å². The Bertz CT molecular complexity index is 1010. The van der Waals surface area contributed by atoms with Crippen LogP contribution in [0.1, 0.15) is 35.3 Å². The van der Waals surface area contributed by atoms with Gasteiger partial charge in [0.1, 0.15) is 17.7 Å². The Kier molecular flexibility index (Phi) is 5.90. The van der Waals surface area contributed by atoms with Crippen LogP contribution in [0.2, 0.25) is 0 Å². The van der Waals surface area contributed by atoms with Crippen LogP contribution in [0.3, 0.4) is 0 Å². The van der Waals surface area contributed by atoms with Gasteiger partial charge in [-0.2, -0.15) is 13.2 Å². The van der Waals surface area contributed by atoms with E-state index in [2.05, 4.69) is 20.3 Å². The van der Waals surface area contributed by atoms with Gasteiger partial charge in [-0.15, -0.1) is 0 Å². The maximum atomic E-state index is 14.5. The molecule has 3 rings (SSSR count). The van der Waals surface area contributed by atoms with Crippen molar-refractivity contribution in [3.8, 4) is 0 Å². The summed E-state index contributed by atoms with van der Waals surface area (Å²) in [5.41, 5.74) is -2.10. The lowest BCUT2D eigenvalue weighted by molar-refractivity contribution is -0.0605. The number of aliphatic imine (C=N–C) groups is 1. The highest BCUT2D eigenvalue weighted by Gasteiger charge is 2.38. The van der Waals surface area contributed by atoms with Gasteiger partial charge in [0, 0.05) is 24.0 Å². The average Bonchev–Trinajstić information content (AvgIpc) is 3.48. The second-order valence-electron chi connectivity index (χ2n) is 6.79. The van der Waals surface area contributed by atoms with Gasteiger partial charge in [-0.3, -0.25) is 9.79 Å². The molecule has 30 heavy (non-hydrogen) atoms. The summed E-state index contributed by atoms with van der Waals surface area (Å²) in [7, 11) is 0. The smallest absolute Gasteiger partial charge is 0.322 e. The fourth-order valence-corrected chi connectivity index (χ4v) is 2.67. The fourth-order valence-electron chi connectivity index (χ4n) is 2.67. The lowest BCUT2D eigenvalue weighted by Crippen LogP contribution is -2.25. The van der Waals surface area contributed by atoms with E-state index in [0.29, 0.717) is 18.5 Å². The first-order valence-electron chi connectivity index (χ1n) is 8.85. The minimum absolute atomic E-state index is 0.0935. The van der Waals surface area contributed by atoms with Crippen molar-refractivity contribution in [3.05, 3.63) is 47.5 Å². The Morgan fingerprint density at radius 3 is 2.43 bits per heavy atom. The number of hydrogen-bond acceptors (Lipinski definition) is 5. The van der Waals surface area contributed by atoms with Crippen molar-refractivity contribution >= 4 is 28.7 Å². The number of aromatic nitrogens is 2. The van der Waals surface area contributed by atoms with Crippen LogP contribution in [0.4, 0.5) is 33.3 Å². The molecule has 1 saturated carbocycles. The molecule has 0 atom stereocenters. The average molecular weight is 425 g/mol. The van der Waals surface area contributed by atoms with E-state index in [-0.39, 0.29) is 22.9 Å². The summed E-state index contributed by atoms with van der Waals surface area (Å²) in [6.45, 7) is 1.56. The molecule has 0 unspecified atom stereocenters. The maximum absolute atomic E-state index is 14.5. The summed E-state index contributed by atoms with van der Waals surface area (Å²) in [5.74, 6) is -3.32. The van der Waals surface area contributed by atoms with Gasteiger partial charge in [0.25, 0.3) is 5.91 Å². The van der Waals surface area contributed by atoms with Gasteiger partial charge < -0.3 is 10.7 Å².